The van der Waals surface area contributed by atoms with Gasteiger partial charge in [-0.25, -0.2) is 31.5 Å². The average molecular weight is 1170 g/mol. The summed E-state index contributed by atoms with van der Waals surface area (Å²) in [5, 5.41) is 12.1. The number of aliphatic imine (C=N–C) groups is 1. The number of benzene rings is 8. The molecule has 0 aromatic heterocycles. The normalized spacial score (nSPS) is 14.9. The molecule has 8 aromatic rings. The van der Waals surface area contributed by atoms with Crippen LogP contribution in [0.4, 0.5) is 49.5 Å². The van der Waals surface area contributed by atoms with E-state index < -0.39 is 29.4 Å². The highest BCUT2D eigenvalue weighted by Crippen LogP contribution is 2.46. The van der Waals surface area contributed by atoms with Gasteiger partial charge in [-0.2, -0.15) is 4.99 Å². The van der Waals surface area contributed by atoms with E-state index in [2.05, 4.69) is 20.9 Å². The highest BCUT2D eigenvalue weighted by molar-refractivity contribution is 9.10. The number of urea groups is 1. The molecule has 1 saturated heterocycles. The van der Waals surface area contributed by atoms with Crippen molar-refractivity contribution in [1.82, 2.24) is 0 Å². The maximum absolute atomic E-state index is 13.6. The number of nitrogen functional groups attached to an aromatic ring is 1. The Labute approximate surface area is 478 Å². The van der Waals surface area contributed by atoms with Crippen LogP contribution < -0.4 is 15.5 Å². The van der Waals surface area contributed by atoms with Crippen LogP contribution in [0.15, 0.2) is 199 Å². The predicted molar refractivity (Wildman–Crippen MR) is 315 cm³/mol. The summed E-state index contributed by atoms with van der Waals surface area (Å²) in [6.07, 6.45) is 4.06. The van der Waals surface area contributed by atoms with E-state index in [9.17, 15) is 46.2 Å². The van der Waals surface area contributed by atoms with Gasteiger partial charge < -0.3 is 10.8 Å². The lowest BCUT2D eigenvalue weighted by molar-refractivity contribution is 0.0306. The van der Waals surface area contributed by atoms with Crippen LogP contribution in [0, 0.1) is 55.8 Å². The lowest BCUT2D eigenvalue weighted by Crippen LogP contribution is -2.49. The van der Waals surface area contributed by atoms with Gasteiger partial charge in [0.25, 0.3) is 0 Å². The van der Waals surface area contributed by atoms with Gasteiger partial charge in [0.05, 0.1) is 16.6 Å². The first-order valence-electron chi connectivity index (χ1n) is 26.1. The highest BCUT2D eigenvalue weighted by Gasteiger charge is 2.58. The Hall–Kier alpha value is -8.36. The smallest absolute Gasteiger partial charge is 0.332 e. The van der Waals surface area contributed by atoms with Gasteiger partial charge >= 0.3 is 6.03 Å². The number of carbonyl (C=O) groups excluding carboxylic acids is 4. The number of hydrogen-bond acceptors (Lipinski definition) is 7. The minimum absolute atomic E-state index is 0.0469. The van der Waals surface area contributed by atoms with E-state index in [0.717, 1.165) is 46.2 Å². The van der Waals surface area contributed by atoms with Crippen molar-refractivity contribution in [3.05, 3.63) is 262 Å². The molecule has 3 N–H and O–H groups in total. The van der Waals surface area contributed by atoms with Crippen molar-refractivity contribution in [2.24, 2.45) is 10.9 Å². The van der Waals surface area contributed by atoms with E-state index >= 15 is 0 Å². The number of aliphatic hydroxyl groups is 1. The number of rotatable bonds is 13. The Morgan fingerprint density at radius 2 is 1.04 bits per heavy atom. The van der Waals surface area contributed by atoms with Gasteiger partial charge in [0.1, 0.15) is 29.1 Å². The number of nitrogens with zero attached hydrogens (tertiary/aromatic N) is 3. The molecule has 0 bridgehead atoms. The summed E-state index contributed by atoms with van der Waals surface area (Å²) in [4.78, 5) is 53.5. The van der Waals surface area contributed by atoms with Crippen LogP contribution in [-0.2, 0) is 16.9 Å². The third kappa shape index (κ3) is 18.1. The molecule has 0 aliphatic carbocycles. The fourth-order valence-corrected chi connectivity index (χ4v) is 8.99. The zero-order valence-corrected chi connectivity index (χ0v) is 47.4. The van der Waals surface area contributed by atoms with Gasteiger partial charge in [-0.1, -0.05) is 126 Å². The third-order valence-corrected chi connectivity index (χ3v) is 14.0. The number of carbonyl (C=O) groups is 3. The van der Waals surface area contributed by atoms with Crippen molar-refractivity contribution in [2.45, 2.75) is 83.8 Å². The van der Waals surface area contributed by atoms with Crippen LogP contribution >= 0.6 is 15.9 Å². The van der Waals surface area contributed by atoms with Gasteiger partial charge in [-0.05, 0) is 173 Å². The van der Waals surface area contributed by atoms with Gasteiger partial charge in [0, 0.05) is 39.7 Å². The van der Waals surface area contributed by atoms with Crippen molar-refractivity contribution in [2.75, 3.05) is 15.5 Å². The molecule has 4 unspecified atom stereocenters. The number of alkyl halides is 1. The molecular formula is C66H64BrF5N4O5. The Bertz CT molecular complexity index is 3340. The molecule has 420 valence electrons. The number of nitrogens with two attached hydrogens (primary N) is 1. The first-order chi connectivity index (χ1) is 38.7. The van der Waals surface area contributed by atoms with Crippen LogP contribution in [0.3, 0.4) is 0 Å². The molecule has 4 atom stereocenters. The topological polar surface area (TPSA) is 133 Å². The Morgan fingerprint density at radius 1 is 0.605 bits per heavy atom. The molecule has 8 aromatic carbocycles. The second-order valence-electron chi connectivity index (χ2n) is 19.0. The fraction of sp³-hybridized carbons (Fsp3) is 0.212. The minimum Gasteiger partial charge on any atom is -0.399 e. The van der Waals surface area contributed by atoms with Gasteiger partial charge in [0.15, 0.2) is 17.3 Å². The van der Waals surface area contributed by atoms with Crippen molar-refractivity contribution in [3.8, 4) is 0 Å². The highest BCUT2D eigenvalue weighted by atomic mass is 79.9. The first-order valence-corrected chi connectivity index (χ1v) is 27.0. The molecule has 15 heteroatoms. The van der Waals surface area contributed by atoms with Crippen molar-refractivity contribution in [1.29, 1.82) is 0 Å². The van der Waals surface area contributed by atoms with Crippen LogP contribution in [0.25, 0.3) is 0 Å². The molecule has 1 aliphatic heterocycles. The number of ketones is 2. The van der Waals surface area contributed by atoms with Crippen molar-refractivity contribution >= 4 is 62.4 Å². The lowest BCUT2D eigenvalue weighted by atomic mass is 9.89. The second kappa shape index (κ2) is 30.9. The minimum atomic E-state index is -1.70. The molecule has 0 radical (unpaired) electrons. The number of anilines is 3. The average Bonchev–Trinajstić information content (AvgIpc) is 3.86. The summed E-state index contributed by atoms with van der Waals surface area (Å²) in [5.74, 6) is -1.40. The first kappa shape index (κ1) is 63.5. The standard InChI is InChI=1S/C24H22F2N2O2.C18H19FO.C11H13BrO.C7H4FNO.C6H6FN/c1-3-22-24(30,17-6-4-5-16(2)15-17)28(21-13-9-19(26)10-14-21)23(29)27(22)20-11-7-18(25)8-12-20;1-3-15(12-14-7-9-17(19)10-8-14)18(20)16-6-4-5-13(2)11-16;1-3-10(12)11(13)9-6-4-5-8(2)7-9;8-6-1-3-7(4-2-6)9-5-10;7-5-1-3-6(8)4-2-5/h4-15,22,30H,3H2,1-2H3;4-11,15H,3,12H2,1-2H3;4-7,10H,3H2,1-2H3;1-4H;1-4H,8H2. The third-order valence-electron chi connectivity index (χ3n) is 12.9. The monoisotopic (exact) mass is 1170 g/mol. The molecule has 2 amide bonds. The SMILES string of the molecule is CCC(Br)C(=O)c1cccc(C)c1.CCC(Cc1ccc(F)cc1)C(=O)c1cccc(C)c1.CCC1N(c2ccc(F)cc2)C(=O)N(c2ccc(F)cc2)C1(O)c1cccc(C)c1.Nc1ccc(F)cc1.O=C=Nc1ccc(F)cc1. The van der Waals surface area contributed by atoms with Gasteiger partial charge in [0.2, 0.25) is 6.08 Å². The molecule has 1 heterocycles. The molecule has 1 fully saturated rings. The van der Waals surface area contributed by atoms with E-state index in [1.807, 2.05) is 108 Å². The molecule has 9 nitrogen and oxygen atoms in total. The molecule has 0 saturated carbocycles. The summed E-state index contributed by atoms with van der Waals surface area (Å²) >= 11 is 3.35. The van der Waals surface area contributed by atoms with E-state index in [0.29, 0.717) is 41.2 Å². The summed E-state index contributed by atoms with van der Waals surface area (Å²) < 4.78 is 64.2. The van der Waals surface area contributed by atoms with Crippen LogP contribution in [-0.4, -0.2) is 39.7 Å². The van der Waals surface area contributed by atoms with E-state index in [1.165, 1.54) is 125 Å². The molecule has 1 aliphatic rings. The van der Waals surface area contributed by atoms with Crippen LogP contribution in [0.5, 0.6) is 0 Å². The molecule has 81 heavy (non-hydrogen) atoms. The second-order valence-corrected chi connectivity index (χ2v) is 20.1. The quantitative estimate of drug-likeness (QED) is 0.0295. The van der Waals surface area contributed by atoms with Crippen LogP contribution in [0.1, 0.15) is 88.6 Å². The number of amides is 2. The number of halogens is 6. The Morgan fingerprint density at radius 3 is 1.47 bits per heavy atom. The molecule has 0 spiro atoms. The van der Waals surface area contributed by atoms with Gasteiger partial charge in [-0.3, -0.25) is 19.4 Å². The fourth-order valence-electron chi connectivity index (χ4n) is 8.73. The number of hydrogen-bond donors (Lipinski definition) is 2. The maximum atomic E-state index is 13.6. The van der Waals surface area contributed by atoms with Crippen LogP contribution in [0.2, 0.25) is 0 Å². The van der Waals surface area contributed by atoms with E-state index in [1.54, 1.807) is 18.2 Å². The van der Waals surface area contributed by atoms with Crippen molar-refractivity contribution in [3.63, 3.8) is 0 Å². The lowest BCUT2D eigenvalue weighted by Gasteiger charge is -2.37. The number of isocyanates is 1. The van der Waals surface area contributed by atoms with Gasteiger partial charge in [-0.15, -0.1) is 0 Å². The largest absolute Gasteiger partial charge is 0.399 e. The van der Waals surface area contributed by atoms with E-state index in [-0.39, 0.29) is 39.8 Å². The summed E-state index contributed by atoms with van der Waals surface area (Å²) in [6, 6.07) is 50.0. The molecule has 9 rings (SSSR count). The summed E-state index contributed by atoms with van der Waals surface area (Å²) in [5.41, 5.74) is 11.7. The zero-order chi connectivity index (χ0) is 59.2. The Balaban J connectivity index is 0.000000203. The maximum Gasteiger partial charge on any atom is 0.332 e. The number of aryl methyl sites for hydroxylation is 3. The summed E-state index contributed by atoms with van der Waals surface area (Å²) in [7, 11) is 0. The molecular weight excluding hydrogens is 1100 g/mol. The van der Waals surface area contributed by atoms with E-state index in [4.69, 9.17) is 5.73 Å². The number of Topliss-reactive ketones (excluding diaryl/α,β-unsaturated/α-hetero) is 2. The predicted octanol–water partition coefficient (Wildman–Crippen LogP) is 16.5. The zero-order valence-electron chi connectivity index (χ0n) is 45.8. The summed E-state index contributed by atoms with van der Waals surface area (Å²) in [6.45, 7) is 11.8. The van der Waals surface area contributed by atoms with Crippen molar-refractivity contribution < 1.29 is 46.2 Å². The Kier molecular flexibility index (Phi) is 24.2.